The average Bonchev–Trinajstić information content (AvgIpc) is 2.90. The van der Waals surface area contributed by atoms with E-state index in [2.05, 4.69) is 15.6 Å². The maximum absolute atomic E-state index is 14.4. The highest BCUT2D eigenvalue weighted by Crippen LogP contribution is 2.26. The Hall–Kier alpha value is -4.34. The summed E-state index contributed by atoms with van der Waals surface area (Å²) >= 11 is 0. The smallest absolute Gasteiger partial charge is 0.407 e. The Morgan fingerprint density at radius 1 is 1.07 bits per heavy atom. The molecule has 1 unspecified atom stereocenters. The van der Waals surface area contributed by atoms with Crippen LogP contribution in [0.2, 0.25) is 0 Å². The van der Waals surface area contributed by atoms with Crippen LogP contribution in [-0.2, 0) is 33.6 Å². The van der Waals surface area contributed by atoms with Crippen LogP contribution in [0.25, 0.3) is 0 Å². The molecule has 3 amide bonds. The fourth-order valence-corrected chi connectivity index (χ4v) is 4.71. The predicted molar refractivity (Wildman–Crippen MR) is 150 cm³/mol. The van der Waals surface area contributed by atoms with Crippen LogP contribution in [-0.4, -0.2) is 47.1 Å². The van der Waals surface area contributed by atoms with E-state index in [4.69, 9.17) is 4.74 Å². The molecular formula is C31H34F2N4O4. The van der Waals surface area contributed by atoms with Gasteiger partial charge in [-0.25, -0.2) is 13.6 Å². The number of aromatic nitrogens is 1. The zero-order valence-corrected chi connectivity index (χ0v) is 23.3. The van der Waals surface area contributed by atoms with Gasteiger partial charge < -0.3 is 20.3 Å². The quantitative estimate of drug-likeness (QED) is 0.399. The van der Waals surface area contributed by atoms with Crippen molar-refractivity contribution in [2.45, 2.75) is 64.1 Å². The van der Waals surface area contributed by atoms with E-state index < -0.39 is 35.5 Å². The number of nitrogens with zero attached hydrogens (tertiary/aromatic N) is 2. The maximum Gasteiger partial charge on any atom is 0.407 e. The predicted octanol–water partition coefficient (Wildman–Crippen LogP) is 4.50. The number of ether oxygens (including phenoxy) is 1. The van der Waals surface area contributed by atoms with Crippen molar-refractivity contribution in [2.75, 3.05) is 11.4 Å². The molecule has 1 aromatic heterocycles. The second-order valence-electron chi connectivity index (χ2n) is 11.0. The number of fused-ring (bicyclic) bond motifs is 1. The van der Waals surface area contributed by atoms with Gasteiger partial charge in [-0.3, -0.25) is 14.6 Å². The molecule has 3 aromatic rings. The zero-order chi connectivity index (χ0) is 29.6. The van der Waals surface area contributed by atoms with Gasteiger partial charge in [0.05, 0.1) is 11.4 Å². The molecule has 0 bridgehead atoms. The van der Waals surface area contributed by atoms with Crippen molar-refractivity contribution in [3.05, 3.63) is 95.3 Å². The van der Waals surface area contributed by atoms with E-state index in [1.807, 2.05) is 0 Å². The normalized spacial score (nSPS) is 15.6. The number of pyridine rings is 1. The lowest BCUT2D eigenvalue weighted by Gasteiger charge is -2.34. The number of hydrogen-bond donors (Lipinski definition) is 2. The van der Waals surface area contributed by atoms with Crippen LogP contribution in [0.3, 0.4) is 0 Å². The van der Waals surface area contributed by atoms with Crippen molar-refractivity contribution in [3.63, 3.8) is 0 Å². The second-order valence-corrected chi connectivity index (χ2v) is 11.0. The van der Waals surface area contributed by atoms with Gasteiger partial charge in [0.25, 0.3) is 0 Å². The van der Waals surface area contributed by atoms with Crippen LogP contribution < -0.4 is 15.5 Å². The van der Waals surface area contributed by atoms with Gasteiger partial charge in [-0.1, -0.05) is 30.3 Å². The zero-order valence-electron chi connectivity index (χ0n) is 23.3. The molecule has 1 aliphatic rings. The van der Waals surface area contributed by atoms with E-state index in [0.717, 1.165) is 5.56 Å². The van der Waals surface area contributed by atoms with E-state index >= 15 is 0 Å². The molecule has 4 rings (SSSR count). The number of rotatable bonds is 9. The lowest BCUT2D eigenvalue weighted by Crippen LogP contribution is -2.54. The first-order chi connectivity index (χ1) is 19.5. The number of amides is 3. The molecule has 1 aliphatic heterocycles. The van der Waals surface area contributed by atoms with Crippen LogP contribution in [0.4, 0.5) is 19.3 Å². The lowest BCUT2D eigenvalue weighted by molar-refractivity contribution is -0.128. The number of nitrogens with one attached hydrogen (secondary N) is 2. The molecule has 0 spiro atoms. The van der Waals surface area contributed by atoms with Crippen molar-refractivity contribution in [1.29, 1.82) is 0 Å². The van der Waals surface area contributed by atoms with Crippen molar-refractivity contribution in [3.8, 4) is 0 Å². The van der Waals surface area contributed by atoms with Gasteiger partial charge in [0.15, 0.2) is 0 Å². The van der Waals surface area contributed by atoms with Crippen molar-refractivity contribution in [1.82, 2.24) is 15.6 Å². The van der Waals surface area contributed by atoms with E-state index in [1.165, 1.54) is 18.2 Å². The Bertz CT molecular complexity index is 1390. The van der Waals surface area contributed by atoms with Gasteiger partial charge in [-0.05, 0) is 75.1 Å². The lowest BCUT2D eigenvalue weighted by atomic mass is 9.99. The Balaban J connectivity index is 1.47. The van der Waals surface area contributed by atoms with Gasteiger partial charge in [0.2, 0.25) is 11.8 Å². The fourth-order valence-electron chi connectivity index (χ4n) is 4.71. The summed E-state index contributed by atoms with van der Waals surface area (Å²) < 4.78 is 33.1. The monoisotopic (exact) mass is 564 g/mol. The molecule has 2 aromatic carbocycles. The molecule has 216 valence electrons. The maximum atomic E-state index is 14.4. The molecule has 0 fully saturated rings. The first-order valence-corrected chi connectivity index (χ1v) is 13.5. The van der Waals surface area contributed by atoms with E-state index in [-0.39, 0.29) is 31.0 Å². The molecule has 10 heteroatoms. The number of carbonyl (C=O) groups is 3. The Morgan fingerprint density at radius 3 is 2.51 bits per heavy atom. The van der Waals surface area contributed by atoms with Gasteiger partial charge in [-0.15, -0.1) is 0 Å². The minimum absolute atomic E-state index is 0.0478. The highest BCUT2D eigenvalue weighted by Gasteiger charge is 2.35. The molecule has 2 heterocycles. The van der Waals surface area contributed by atoms with Crippen molar-refractivity contribution >= 4 is 23.6 Å². The van der Waals surface area contributed by atoms with Crippen LogP contribution in [0.15, 0.2) is 66.9 Å². The molecule has 0 saturated carbocycles. The summed E-state index contributed by atoms with van der Waals surface area (Å²) in [7, 11) is 0. The summed E-state index contributed by atoms with van der Waals surface area (Å²) in [6.45, 7) is 5.46. The summed E-state index contributed by atoms with van der Waals surface area (Å²) in [5, 5.41) is 5.46. The topological polar surface area (TPSA) is 101 Å². The molecule has 2 atom stereocenters. The highest BCUT2D eigenvalue weighted by molar-refractivity contribution is 6.01. The summed E-state index contributed by atoms with van der Waals surface area (Å²) in [4.78, 5) is 45.3. The van der Waals surface area contributed by atoms with Crippen molar-refractivity contribution < 1.29 is 27.9 Å². The van der Waals surface area contributed by atoms with E-state index in [1.54, 1.807) is 74.3 Å². The molecule has 0 radical (unpaired) electrons. The van der Waals surface area contributed by atoms with Gasteiger partial charge in [0, 0.05) is 31.6 Å². The van der Waals surface area contributed by atoms with Crippen LogP contribution in [0, 0.1) is 11.6 Å². The summed E-state index contributed by atoms with van der Waals surface area (Å²) in [5.74, 6) is -1.58. The van der Waals surface area contributed by atoms with E-state index in [0.29, 0.717) is 29.9 Å². The third-order valence-corrected chi connectivity index (χ3v) is 6.57. The molecule has 8 nitrogen and oxygen atoms in total. The largest absolute Gasteiger partial charge is 0.444 e. The molecule has 0 aliphatic carbocycles. The molecule has 0 saturated heterocycles. The third-order valence-electron chi connectivity index (χ3n) is 6.57. The third kappa shape index (κ3) is 8.33. The number of hydrogen-bond acceptors (Lipinski definition) is 5. The second kappa shape index (κ2) is 12.9. The molecule has 41 heavy (non-hydrogen) atoms. The van der Waals surface area contributed by atoms with Crippen molar-refractivity contribution in [2.24, 2.45) is 0 Å². The Kier molecular flexibility index (Phi) is 9.31. The number of anilines is 1. The first-order valence-electron chi connectivity index (χ1n) is 13.5. The number of benzene rings is 2. The first kappa shape index (κ1) is 29.6. The van der Waals surface area contributed by atoms with Gasteiger partial charge in [-0.2, -0.15) is 0 Å². The Morgan fingerprint density at radius 2 is 1.80 bits per heavy atom. The van der Waals surface area contributed by atoms with Gasteiger partial charge in [0.1, 0.15) is 23.3 Å². The summed E-state index contributed by atoms with van der Waals surface area (Å²) in [6.07, 6.45) is 1.41. The minimum atomic E-state index is -0.881. The van der Waals surface area contributed by atoms with Crippen LogP contribution in [0.1, 0.15) is 44.0 Å². The SMILES string of the molecule is CC(C)(C)OC(=O)N[C@@H](CC(=O)NC1Cc2ncccc2N(CCc2ccc(F)cc2)C1=O)Cc1ccccc1F. The highest BCUT2D eigenvalue weighted by atomic mass is 19.1. The number of alkyl carbamates (subject to hydrolysis) is 1. The summed E-state index contributed by atoms with van der Waals surface area (Å²) in [5.41, 5.74) is 1.75. The Labute approximate surface area is 238 Å². The minimum Gasteiger partial charge on any atom is -0.444 e. The number of carbonyl (C=O) groups excluding carboxylic acids is 3. The average molecular weight is 565 g/mol. The molecule has 2 N–H and O–H groups in total. The number of halogens is 2. The molecular weight excluding hydrogens is 530 g/mol. The standard InChI is InChI=1S/C31H34F2N4O4/c1-31(2,3)41-30(40)35-23(17-21-7-4-5-8-24(21)33)18-28(38)36-26-19-25-27(9-6-15-34-25)37(29(26)39)16-14-20-10-12-22(32)13-11-20/h4-13,15,23,26H,14,16-19H2,1-3H3,(H,35,40)(H,36,38)/t23-,26?/m1/s1. The van der Waals surface area contributed by atoms with Crippen LogP contribution in [0.5, 0.6) is 0 Å². The van der Waals surface area contributed by atoms with Gasteiger partial charge >= 0.3 is 6.09 Å². The summed E-state index contributed by atoms with van der Waals surface area (Å²) in [6, 6.07) is 14.1. The van der Waals surface area contributed by atoms with Crippen LogP contribution >= 0.6 is 0 Å². The van der Waals surface area contributed by atoms with E-state index in [9.17, 15) is 23.2 Å². The fraction of sp³-hybridized carbons (Fsp3) is 0.355.